The summed E-state index contributed by atoms with van der Waals surface area (Å²) in [6.45, 7) is 0. The molecule has 0 aliphatic carbocycles. The molecule has 0 aliphatic rings. The molecule has 7 aromatic carbocycles. The van der Waals surface area contributed by atoms with Crippen LogP contribution in [0.4, 0.5) is 0 Å². The highest BCUT2D eigenvalue weighted by molar-refractivity contribution is 6.06. The Balaban J connectivity index is 1.39. The molecule has 3 heteroatoms. The van der Waals surface area contributed by atoms with E-state index in [4.69, 9.17) is 9.97 Å². The third kappa shape index (κ3) is 4.89. The first-order chi connectivity index (χ1) is 22.8. The molecule has 8 aromatic rings. The number of fused-ring (bicyclic) bond motifs is 2. The van der Waals surface area contributed by atoms with Crippen LogP contribution in [0.5, 0.6) is 0 Å². The highest BCUT2D eigenvalue weighted by Crippen LogP contribution is 2.41. The molecule has 0 spiro atoms. The van der Waals surface area contributed by atoms with Crippen LogP contribution >= 0.6 is 0 Å². The van der Waals surface area contributed by atoms with Gasteiger partial charge in [0.2, 0.25) is 0 Å². The molecule has 3 nitrogen and oxygen atoms in total. The molecule has 0 atom stereocenters. The fraction of sp³-hybridized carbons (Fsp3) is 0. The van der Waals surface area contributed by atoms with Crippen molar-refractivity contribution in [2.75, 3.05) is 0 Å². The first-order valence-corrected chi connectivity index (χ1v) is 15.3. The van der Waals surface area contributed by atoms with E-state index in [0.29, 0.717) is 11.4 Å². The zero-order valence-corrected chi connectivity index (χ0v) is 24.9. The van der Waals surface area contributed by atoms with Crippen molar-refractivity contribution in [3.05, 3.63) is 169 Å². The molecule has 0 saturated heterocycles. The summed E-state index contributed by atoms with van der Waals surface area (Å²) in [6.07, 6.45) is 0. The van der Waals surface area contributed by atoms with Crippen molar-refractivity contribution in [1.82, 2.24) is 9.97 Å². The van der Waals surface area contributed by atoms with Gasteiger partial charge in [-0.05, 0) is 62.0 Å². The summed E-state index contributed by atoms with van der Waals surface area (Å²) in [5, 5.41) is 13.9. The summed E-state index contributed by atoms with van der Waals surface area (Å²) >= 11 is 0. The molecular formula is C43H27N3. The minimum Gasteiger partial charge on any atom is -0.228 e. The molecule has 0 radical (unpaired) electrons. The van der Waals surface area contributed by atoms with Crippen LogP contribution in [0, 0.1) is 11.3 Å². The van der Waals surface area contributed by atoms with Gasteiger partial charge in [0.15, 0.2) is 5.82 Å². The maximum absolute atomic E-state index is 9.31. The fourth-order valence-electron chi connectivity index (χ4n) is 6.34. The second-order valence-corrected chi connectivity index (χ2v) is 11.3. The number of nitriles is 1. The van der Waals surface area contributed by atoms with Gasteiger partial charge < -0.3 is 0 Å². The van der Waals surface area contributed by atoms with Crippen LogP contribution in [-0.2, 0) is 0 Å². The first-order valence-electron chi connectivity index (χ1n) is 15.3. The lowest BCUT2D eigenvalue weighted by Crippen LogP contribution is -1.98. The van der Waals surface area contributed by atoms with Crippen molar-refractivity contribution in [2.45, 2.75) is 0 Å². The van der Waals surface area contributed by atoms with E-state index in [9.17, 15) is 5.26 Å². The number of rotatable bonds is 5. The van der Waals surface area contributed by atoms with Gasteiger partial charge in [0.05, 0.1) is 23.0 Å². The normalized spacial score (nSPS) is 11.0. The summed E-state index contributed by atoms with van der Waals surface area (Å²) < 4.78 is 0. The van der Waals surface area contributed by atoms with Crippen molar-refractivity contribution >= 4 is 21.5 Å². The average molecular weight is 586 g/mol. The van der Waals surface area contributed by atoms with E-state index < -0.39 is 0 Å². The number of nitrogens with zero attached hydrogens (tertiary/aromatic N) is 3. The summed E-state index contributed by atoms with van der Waals surface area (Å²) in [5.41, 5.74) is 9.92. The van der Waals surface area contributed by atoms with E-state index in [1.165, 1.54) is 10.8 Å². The zero-order valence-electron chi connectivity index (χ0n) is 24.9. The Bertz CT molecular complexity index is 2410. The van der Waals surface area contributed by atoms with E-state index in [2.05, 4.69) is 127 Å². The van der Waals surface area contributed by atoms with Crippen molar-refractivity contribution < 1.29 is 0 Å². The molecule has 46 heavy (non-hydrogen) atoms. The van der Waals surface area contributed by atoms with Crippen LogP contribution < -0.4 is 0 Å². The van der Waals surface area contributed by atoms with Gasteiger partial charge >= 0.3 is 0 Å². The van der Waals surface area contributed by atoms with Crippen LogP contribution in [0.1, 0.15) is 5.56 Å². The lowest BCUT2D eigenvalue weighted by Gasteiger charge is -2.16. The molecule has 0 bridgehead atoms. The maximum atomic E-state index is 9.31. The molecule has 0 amide bonds. The van der Waals surface area contributed by atoms with E-state index in [-0.39, 0.29) is 0 Å². The van der Waals surface area contributed by atoms with Gasteiger partial charge in [0.25, 0.3) is 0 Å². The third-order valence-corrected chi connectivity index (χ3v) is 8.55. The zero-order chi connectivity index (χ0) is 30.9. The number of benzene rings is 7. The van der Waals surface area contributed by atoms with Gasteiger partial charge in [-0.1, -0.05) is 146 Å². The quantitative estimate of drug-likeness (QED) is 0.202. The van der Waals surface area contributed by atoms with E-state index >= 15 is 0 Å². The predicted molar refractivity (Wildman–Crippen MR) is 189 cm³/mol. The Kier molecular flexibility index (Phi) is 6.87. The second kappa shape index (κ2) is 11.6. The second-order valence-electron chi connectivity index (χ2n) is 11.3. The van der Waals surface area contributed by atoms with E-state index in [1.807, 2.05) is 42.5 Å². The van der Waals surface area contributed by atoms with Gasteiger partial charge in [0, 0.05) is 16.7 Å². The van der Waals surface area contributed by atoms with Crippen LogP contribution in [0.3, 0.4) is 0 Å². The maximum Gasteiger partial charge on any atom is 0.160 e. The number of aromatic nitrogens is 2. The molecule has 1 heterocycles. The minimum atomic E-state index is 0.648. The van der Waals surface area contributed by atoms with Crippen LogP contribution in [-0.4, -0.2) is 9.97 Å². The van der Waals surface area contributed by atoms with E-state index in [1.54, 1.807) is 0 Å². The van der Waals surface area contributed by atoms with Crippen molar-refractivity contribution in [1.29, 1.82) is 5.26 Å². The van der Waals surface area contributed by atoms with Gasteiger partial charge in [-0.3, -0.25) is 0 Å². The van der Waals surface area contributed by atoms with Crippen molar-refractivity contribution in [3.8, 4) is 62.2 Å². The SMILES string of the molecule is N#Cc1ccc(-c2ccc(-c3cc(-c4ccc5ccccc5c4-c4ccccc4)nc(-c4ccccc4)n3)c3ccccc23)cc1. The summed E-state index contributed by atoms with van der Waals surface area (Å²) in [6, 6.07) is 58.6. The number of hydrogen-bond donors (Lipinski definition) is 0. The number of hydrogen-bond acceptors (Lipinski definition) is 3. The molecular weight excluding hydrogens is 558 g/mol. The average Bonchev–Trinajstić information content (AvgIpc) is 3.14. The topological polar surface area (TPSA) is 49.6 Å². The molecule has 1 aromatic heterocycles. The molecule has 0 fully saturated rings. The Morgan fingerprint density at radius 2 is 0.957 bits per heavy atom. The minimum absolute atomic E-state index is 0.648. The molecule has 0 N–H and O–H groups in total. The highest BCUT2D eigenvalue weighted by atomic mass is 14.9. The molecule has 0 aliphatic heterocycles. The molecule has 0 saturated carbocycles. The Morgan fingerprint density at radius 1 is 0.413 bits per heavy atom. The Hall–Kier alpha value is -6.37. The molecule has 8 rings (SSSR count). The van der Waals surface area contributed by atoms with Crippen LogP contribution in [0.2, 0.25) is 0 Å². The summed E-state index contributed by atoms with van der Waals surface area (Å²) in [7, 11) is 0. The smallest absolute Gasteiger partial charge is 0.160 e. The van der Waals surface area contributed by atoms with Crippen molar-refractivity contribution in [3.63, 3.8) is 0 Å². The van der Waals surface area contributed by atoms with Crippen LogP contribution in [0.15, 0.2) is 164 Å². The molecule has 0 unspecified atom stereocenters. The first kappa shape index (κ1) is 27.2. The summed E-state index contributed by atoms with van der Waals surface area (Å²) in [4.78, 5) is 10.4. The Labute approximate surface area is 267 Å². The summed E-state index contributed by atoms with van der Waals surface area (Å²) in [5.74, 6) is 0.681. The predicted octanol–water partition coefficient (Wildman–Crippen LogP) is 11.0. The Morgan fingerprint density at radius 3 is 1.65 bits per heavy atom. The van der Waals surface area contributed by atoms with Gasteiger partial charge in [-0.25, -0.2) is 9.97 Å². The third-order valence-electron chi connectivity index (χ3n) is 8.55. The van der Waals surface area contributed by atoms with Crippen molar-refractivity contribution in [2.24, 2.45) is 0 Å². The standard InChI is InChI=1S/C43H27N3/c44-28-29-19-21-31(22-20-29)34-25-26-38(37-18-10-9-17-36(34)37)40-27-41(46-43(45-40)33-14-5-2-6-15-33)39-24-23-30-11-7-8-16-35(30)42(39)32-12-3-1-4-13-32/h1-27H. The fourth-order valence-corrected chi connectivity index (χ4v) is 6.34. The van der Waals surface area contributed by atoms with Gasteiger partial charge in [-0.2, -0.15) is 5.26 Å². The monoisotopic (exact) mass is 585 g/mol. The van der Waals surface area contributed by atoms with Gasteiger partial charge in [0.1, 0.15) is 0 Å². The van der Waals surface area contributed by atoms with Crippen LogP contribution in [0.25, 0.3) is 77.7 Å². The largest absolute Gasteiger partial charge is 0.228 e. The lowest BCUT2D eigenvalue weighted by atomic mass is 9.90. The molecule has 214 valence electrons. The highest BCUT2D eigenvalue weighted by Gasteiger charge is 2.18. The van der Waals surface area contributed by atoms with Gasteiger partial charge in [-0.15, -0.1) is 0 Å². The lowest BCUT2D eigenvalue weighted by molar-refractivity contribution is 1.19. The van der Waals surface area contributed by atoms with E-state index in [0.717, 1.165) is 61.1 Å².